The molecule has 0 aliphatic heterocycles. The zero-order valence-electron chi connectivity index (χ0n) is 9.56. The smallest absolute Gasteiger partial charge is 0.201 e. The molecule has 7 heteroatoms. The van der Waals surface area contributed by atoms with E-state index in [1.807, 2.05) is 0 Å². The molecule has 0 fully saturated rings. The van der Waals surface area contributed by atoms with Crippen LogP contribution in [0.1, 0.15) is 17.3 Å². The number of carbonyl (C=O) groups excluding carboxylic acids is 1. The number of rotatable bonds is 4. The molecule has 0 aromatic heterocycles. The topological polar surface area (TPSA) is 135 Å². The largest absolute Gasteiger partial charge is 0.506 e. The standard InChI is InChI=1S/C11H11N5O2/c1-6(17)7-3-2-4-9(18)10(7)16-15-8(5-12)11(13)14/h2-4,16,18H,1H3,(H3,13,14)/b15-8+. The fourth-order valence-electron chi connectivity index (χ4n) is 1.21. The van der Waals surface area contributed by atoms with E-state index in [0.29, 0.717) is 0 Å². The van der Waals surface area contributed by atoms with Crippen LogP contribution in [0.15, 0.2) is 23.3 Å². The highest BCUT2D eigenvalue weighted by molar-refractivity contribution is 6.45. The lowest BCUT2D eigenvalue weighted by Gasteiger charge is -2.08. The van der Waals surface area contributed by atoms with Gasteiger partial charge in [0.1, 0.15) is 17.5 Å². The number of amidine groups is 1. The molecule has 0 bridgehead atoms. The molecule has 0 saturated heterocycles. The Labute approximate surface area is 103 Å². The number of hydrazone groups is 1. The number of ketones is 1. The van der Waals surface area contributed by atoms with Crippen LogP contribution < -0.4 is 11.2 Å². The van der Waals surface area contributed by atoms with E-state index in [0.717, 1.165) is 0 Å². The van der Waals surface area contributed by atoms with Crippen molar-refractivity contribution in [2.75, 3.05) is 5.43 Å². The maximum atomic E-state index is 11.3. The van der Waals surface area contributed by atoms with E-state index in [4.69, 9.17) is 16.4 Å². The first-order valence-electron chi connectivity index (χ1n) is 4.88. The number of nitrogens with zero attached hydrogens (tertiary/aromatic N) is 2. The molecule has 0 spiro atoms. The Kier molecular flexibility index (Phi) is 3.99. The molecule has 0 heterocycles. The van der Waals surface area contributed by atoms with Gasteiger partial charge in [-0.15, -0.1) is 0 Å². The number of nitrogens with one attached hydrogen (secondary N) is 2. The van der Waals surface area contributed by atoms with Crippen molar-refractivity contribution in [2.24, 2.45) is 10.8 Å². The molecule has 0 saturated carbocycles. The predicted octanol–water partition coefficient (Wildman–Crippen LogP) is 0.822. The molecule has 0 radical (unpaired) electrons. The average molecular weight is 245 g/mol. The molecule has 0 amide bonds. The van der Waals surface area contributed by atoms with Gasteiger partial charge in [-0.2, -0.15) is 10.4 Å². The Balaban J connectivity index is 3.16. The Morgan fingerprint density at radius 2 is 2.28 bits per heavy atom. The number of carbonyl (C=O) groups is 1. The third-order valence-corrected chi connectivity index (χ3v) is 2.06. The van der Waals surface area contributed by atoms with Crippen molar-refractivity contribution in [2.45, 2.75) is 6.92 Å². The van der Waals surface area contributed by atoms with Crippen LogP contribution in [0, 0.1) is 16.7 Å². The summed E-state index contributed by atoms with van der Waals surface area (Å²) in [5.74, 6) is -0.970. The number of hydrogen-bond acceptors (Lipinski definition) is 6. The van der Waals surface area contributed by atoms with E-state index in [9.17, 15) is 9.90 Å². The van der Waals surface area contributed by atoms with Crippen LogP contribution in [-0.4, -0.2) is 22.4 Å². The van der Waals surface area contributed by atoms with Gasteiger partial charge in [-0.05, 0) is 19.1 Å². The summed E-state index contributed by atoms with van der Waals surface area (Å²) in [6.07, 6.45) is 0. The van der Waals surface area contributed by atoms with Gasteiger partial charge in [-0.3, -0.25) is 15.6 Å². The summed E-state index contributed by atoms with van der Waals surface area (Å²) in [5.41, 5.74) is 7.43. The molecule has 0 aliphatic rings. The monoisotopic (exact) mass is 245 g/mol. The molecule has 0 unspecified atom stereocenters. The van der Waals surface area contributed by atoms with E-state index in [2.05, 4.69) is 10.5 Å². The molecule has 1 aromatic rings. The zero-order chi connectivity index (χ0) is 13.7. The zero-order valence-corrected chi connectivity index (χ0v) is 9.56. The first-order chi connectivity index (χ1) is 8.47. The summed E-state index contributed by atoms with van der Waals surface area (Å²) < 4.78 is 0. The van der Waals surface area contributed by atoms with Crippen molar-refractivity contribution in [3.05, 3.63) is 23.8 Å². The Morgan fingerprint density at radius 1 is 1.61 bits per heavy atom. The number of nitrogens with two attached hydrogens (primary N) is 1. The maximum absolute atomic E-state index is 11.3. The number of para-hydroxylation sites is 1. The van der Waals surface area contributed by atoms with Crippen LogP contribution in [0.4, 0.5) is 5.69 Å². The molecule has 1 rings (SSSR count). The summed E-state index contributed by atoms with van der Waals surface area (Å²) in [6.45, 7) is 1.33. The van der Waals surface area contributed by atoms with E-state index in [-0.39, 0.29) is 28.5 Å². The number of Topliss-reactive ketones (excluding diaryl/α,β-unsaturated/α-hetero) is 1. The van der Waals surface area contributed by atoms with Gasteiger partial charge in [0.25, 0.3) is 0 Å². The van der Waals surface area contributed by atoms with Crippen molar-refractivity contribution in [3.8, 4) is 11.8 Å². The third-order valence-electron chi connectivity index (χ3n) is 2.06. The molecular weight excluding hydrogens is 234 g/mol. The van der Waals surface area contributed by atoms with Crippen molar-refractivity contribution in [1.82, 2.24) is 0 Å². The molecule has 7 nitrogen and oxygen atoms in total. The maximum Gasteiger partial charge on any atom is 0.201 e. The highest BCUT2D eigenvalue weighted by Crippen LogP contribution is 2.27. The van der Waals surface area contributed by atoms with Gasteiger partial charge in [0.05, 0.1) is 0 Å². The van der Waals surface area contributed by atoms with Gasteiger partial charge in [-0.25, -0.2) is 0 Å². The van der Waals surface area contributed by atoms with Crippen molar-refractivity contribution in [3.63, 3.8) is 0 Å². The highest BCUT2D eigenvalue weighted by Gasteiger charge is 2.11. The lowest BCUT2D eigenvalue weighted by Crippen LogP contribution is -2.22. The first-order valence-corrected chi connectivity index (χ1v) is 4.88. The van der Waals surface area contributed by atoms with Gasteiger partial charge in [0.15, 0.2) is 11.6 Å². The second-order valence-corrected chi connectivity index (χ2v) is 3.35. The van der Waals surface area contributed by atoms with E-state index in [1.165, 1.54) is 25.1 Å². The third kappa shape index (κ3) is 2.82. The summed E-state index contributed by atoms with van der Waals surface area (Å²) in [7, 11) is 0. The molecule has 0 atom stereocenters. The minimum atomic E-state index is -0.509. The average Bonchev–Trinajstić information content (AvgIpc) is 2.30. The number of anilines is 1. The number of benzene rings is 1. The summed E-state index contributed by atoms with van der Waals surface area (Å²) >= 11 is 0. The fourth-order valence-corrected chi connectivity index (χ4v) is 1.21. The van der Waals surface area contributed by atoms with Gasteiger partial charge < -0.3 is 10.8 Å². The van der Waals surface area contributed by atoms with Gasteiger partial charge in [0, 0.05) is 5.56 Å². The van der Waals surface area contributed by atoms with E-state index >= 15 is 0 Å². The molecule has 92 valence electrons. The van der Waals surface area contributed by atoms with Gasteiger partial charge >= 0.3 is 0 Å². The van der Waals surface area contributed by atoms with Gasteiger partial charge in [0.2, 0.25) is 5.71 Å². The molecular formula is C11H11N5O2. The van der Waals surface area contributed by atoms with Crippen LogP contribution in [0.2, 0.25) is 0 Å². The summed E-state index contributed by atoms with van der Waals surface area (Å²) in [4.78, 5) is 11.3. The number of hydrogen-bond donors (Lipinski definition) is 4. The predicted molar refractivity (Wildman–Crippen MR) is 66.7 cm³/mol. The fraction of sp³-hybridized carbons (Fsp3) is 0.0909. The molecule has 0 aliphatic carbocycles. The minimum Gasteiger partial charge on any atom is -0.506 e. The first kappa shape index (κ1) is 13.2. The number of phenols is 1. The minimum absolute atomic E-state index is 0.0685. The van der Waals surface area contributed by atoms with Crippen LogP contribution in [0.5, 0.6) is 5.75 Å². The Bertz CT molecular complexity index is 571. The number of nitriles is 1. The number of phenolic OH excluding ortho intramolecular Hbond substituents is 1. The quantitative estimate of drug-likeness (QED) is 0.205. The Morgan fingerprint density at radius 3 is 2.78 bits per heavy atom. The van der Waals surface area contributed by atoms with Crippen LogP contribution in [0.3, 0.4) is 0 Å². The lowest BCUT2D eigenvalue weighted by atomic mass is 10.1. The van der Waals surface area contributed by atoms with Crippen molar-refractivity contribution in [1.29, 1.82) is 10.7 Å². The van der Waals surface area contributed by atoms with Crippen LogP contribution >= 0.6 is 0 Å². The van der Waals surface area contributed by atoms with Gasteiger partial charge in [-0.1, -0.05) is 6.07 Å². The van der Waals surface area contributed by atoms with Crippen LogP contribution in [0.25, 0.3) is 0 Å². The van der Waals surface area contributed by atoms with E-state index in [1.54, 1.807) is 6.07 Å². The summed E-state index contributed by atoms with van der Waals surface area (Å²) in [5, 5.41) is 28.9. The normalized spacial score (nSPS) is 10.6. The van der Waals surface area contributed by atoms with Crippen molar-refractivity contribution >= 4 is 23.0 Å². The number of aromatic hydroxyl groups is 1. The summed E-state index contributed by atoms with van der Waals surface area (Å²) in [6, 6.07) is 5.99. The van der Waals surface area contributed by atoms with Crippen LogP contribution in [-0.2, 0) is 0 Å². The SMILES string of the molecule is CC(=O)c1cccc(O)c1N/N=C(\C#N)C(=N)N. The Hall–Kier alpha value is -2.88. The lowest BCUT2D eigenvalue weighted by molar-refractivity contribution is 0.101. The second-order valence-electron chi connectivity index (χ2n) is 3.35. The van der Waals surface area contributed by atoms with E-state index < -0.39 is 5.84 Å². The highest BCUT2D eigenvalue weighted by atomic mass is 16.3. The van der Waals surface area contributed by atoms with Crippen molar-refractivity contribution < 1.29 is 9.90 Å². The molecule has 1 aromatic carbocycles. The second kappa shape index (κ2) is 5.45. The molecule has 18 heavy (non-hydrogen) atoms. The molecule has 5 N–H and O–H groups in total.